The Balaban J connectivity index is 2.25. The van der Waals surface area contributed by atoms with Gasteiger partial charge in [0.2, 0.25) is 0 Å². The molecule has 0 bridgehead atoms. The summed E-state index contributed by atoms with van der Waals surface area (Å²) >= 11 is 0. The zero-order valence-corrected chi connectivity index (χ0v) is 12.8. The van der Waals surface area contributed by atoms with E-state index in [-0.39, 0.29) is 5.82 Å². The van der Waals surface area contributed by atoms with Gasteiger partial charge in [0.1, 0.15) is 5.82 Å². The van der Waals surface area contributed by atoms with E-state index in [1.54, 1.807) is 12.1 Å². The van der Waals surface area contributed by atoms with Crippen LogP contribution in [-0.4, -0.2) is 13.1 Å². The van der Waals surface area contributed by atoms with Crippen LogP contribution >= 0.6 is 0 Å². The minimum atomic E-state index is -0.203. The monoisotopic (exact) mass is 286 g/mol. The predicted octanol–water partition coefficient (Wildman–Crippen LogP) is 3.80. The minimum absolute atomic E-state index is 0.203. The van der Waals surface area contributed by atoms with Crippen LogP contribution < -0.4 is 10.6 Å². The molecule has 2 aromatic carbocycles. The maximum atomic E-state index is 13.5. The van der Waals surface area contributed by atoms with Crippen LogP contribution in [0, 0.1) is 19.7 Å². The van der Waals surface area contributed by atoms with Crippen LogP contribution in [0.5, 0.6) is 0 Å². The summed E-state index contributed by atoms with van der Waals surface area (Å²) in [6.45, 7) is 6.44. The lowest BCUT2D eigenvalue weighted by Crippen LogP contribution is -2.26. The molecule has 0 heterocycles. The average Bonchev–Trinajstić information content (AvgIpc) is 2.47. The first-order valence-electron chi connectivity index (χ1n) is 7.37. The number of halogens is 1. The third-order valence-corrected chi connectivity index (χ3v) is 3.67. The van der Waals surface area contributed by atoms with Crippen molar-refractivity contribution in [1.82, 2.24) is 0 Å². The van der Waals surface area contributed by atoms with Gasteiger partial charge in [-0.1, -0.05) is 29.8 Å². The van der Waals surface area contributed by atoms with Crippen LogP contribution in [0.2, 0.25) is 0 Å². The van der Waals surface area contributed by atoms with Crippen molar-refractivity contribution in [3.05, 3.63) is 65.0 Å². The molecule has 0 aliphatic heterocycles. The molecule has 0 saturated heterocycles. The van der Waals surface area contributed by atoms with Gasteiger partial charge in [-0.2, -0.15) is 0 Å². The van der Waals surface area contributed by atoms with Crippen molar-refractivity contribution in [2.75, 3.05) is 18.0 Å². The molecule has 0 fully saturated rings. The van der Waals surface area contributed by atoms with E-state index in [9.17, 15) is 4.39 Å². The smallest absolute Gasteiger partial charge is 0.125 e. The standard InChI is InChI=1S/C18H23FN2/c1-14-7-8-15(2)16(11-14)13-21(10-4-9-20)18-6-3-5-17(19)12-18/h3,5-8,11-12H,4,9-10,13,20H2,1-2H3. The highest BCUT2D eigenvalue weighted by Crippen LogP contribution is 2.21. The fraction of sp³-hybridized carbons (Fsp3) is 0.333. The Kier molecular flexibility index (Phi) is 5.34. The number of anilines is 1. The maximum absolute atomic E-state index is 13.5. The van der Waals surface area contributed by atoms with Gasteiger partial charge in [-0.05, 0) is 56.1 Å². The molecule has 2 rings (SSSR count). The second-order valence-electron chi connectivity index (χ2n) is 5.47. The number of hydrogen-bond donors (Lipinski definition) is 1. The van der Waals surface area contributed by atoms with Crippen molar-refractivity contribution >= 4 is 5.69 Å². The van der Waals surface area contributed by atoms with Gasteiger partial charge in [0, 0.05) is 18.8 Å². The summed E-state index contributed by atoms with van der Waals surface area (Å²) in [5.41, 5.74) is 10.3. The fourth-order valence-electron chi connectivity index (χ4n) is 2.43. The lowest BCUT2D eigenvalue weighted by atomic mass is 10.0. The van der Waals surface area contributed by atoms with E-state index < -0.39 is 0 Å². The van der Waals surface area contributed by atoms with E-state index in [4.69, 9.17) is 5.73 Å². The van der Waals surface area contributed by atoms with Gasteiger partial charge in [0.15, 0.2) is 0 Å². The van der Waals surface area contributed by atoms with E-state index in [1.165, 1.54) is 22.8 Å². The molecule has 0 spiro atoms. The molecule has 0 radical (unpaired) electrons. The molecule has 112 valence electrons. The number of aryl methyl sites for hydroxylation is 2. The number of rotatable bonds is 6. The normalized spacial score (nSPS) is 10.7. The highest BCUT2D eigenvalue weighted by atomic mass is 19.1. The Labute approximate surface area is 126 Å². The number of nitrogens with zero attached hydrogens (tertiary/aromatic N) is 1. The zero-order chi connectivity index (χ0) is 15.2. The Morgan fingerprint density at radius 2 is 1.90 bits per heavy atom. The molecular weight excluding hydrogens is 263 g/mol. The van der Waals surface area contributed by atoms with Gasteiger partial charge in [0.25, 0.3) is 0 Å². The average molecular weight is 286 g/mol. The minimum Gasteiger partial charge on any atom is -0.367 e. The Bertz CT molecular complexity index is 596. The van der Waals surface area contributed by atoms with Crippen LogP contribution in [0.1, 0.15) is 23.1 Å². The summed E-state index contributed by atoms with van der Waals surface area (Å²) in [4.78, 5) is 2.19. The topological polar surface area (TPSA) is 29.3 Å². The molecule has 0 aliphatic carbocycles. The summed E-state index contributed by atoms with van der Waals surface area (Å²) in [7, 11) is 0. The molecular formula is C18H23FN2. The summed E-state index contributed by atoms with van der Waals surface area (Å²) in [6, 6.07) is 13.2. The first kappa shape index (κ1) is 15.5. The highest BCUT2D eigenvalue weighted by molar-refractivity contribution is 5.48. The van der Waals surface area contributed by atoms with Crippen molar-refractivity contribution < 1.29 is 4.39 Å². The van der Waals surface area contributed by atoms with Crippen LogP contribution in [0.4, 0.5) is 10.1 Å². The van der Waals surface area contributed by atoms with Crippen LogP contribution in [0.15, 0.2) is 42.5 Å². The molecule has 0 amide bonds. The lowest BCUT2D eigenvalue weighted by Gasteiger charge is -2.26. The second kappa shape index (κ2) is 7.23. The van der Waals surface area contributed by atoms with Crippen LogP contribution in [-0.2, 0) is 6.54 Å². The van der Waals surface area contributed by atoms with Crippen molar-refractivity contribution in [3.63, 3.8) is 0 Å². The van der Waals surface area contributed by atoms with E-state index in [0.717, 1.165) is 25.2 Å². The van der Waals surface area contributed by atoms with E-state index in [0.29, 0.717) is 6.54 Å². The van der Waals surface area contributed by atoms with Crippen molar-refractivity contribution in [3.8, 4) is 0 Å². The first-order valence-corrected chi connectivity index (χ1v) is 7.37. The third kappa shape index (κ3) is 4.30. The van der Waals surface area contributed by atoms with Crippen molar-refractivity contribution in [2.45, 2.75) is 26.8 Å². The van der Waals surface area contributed by atoms with E-state index in [1.807, 2.05) is 6.07 Å². The molecule has 2 aromatic rings. The summed E-state index contributed by atoms with van der Waals surface area (Å²) in [5, 5.41) is 0. The molecule has 0 atom stereocenters. The number of benzene rings is 2. The summed E-state index contributed by atoms with van der Waals surface area (Å²) in [5.74, 6) is -0.203. The fourth-order valence-corrected chi connectivity index (χ4v) is 2.43. The molecule has 3 heteroatoms. The van der Waals surface area contributed by atoms with Gasteiger partial charge in [0.05, 0.1) is 0 Å². The quantitative estimate of drug-likeness (QED) is 0.875. The van der Waals surface area contributed by atoms with Gasteiger partial charge in [-0.3, -0.25) is 0 Å². The van der Waals surface area contributed by atoms with Gasteiger partial charge >= 0.3 is 0 Å². The maximum Gasteiger partial charge on any atom is 0.125 e. The Morgan fingerprint density at radius 3 is 2.62 bits per heavy atom. The predicted molar refractivity (Wildman–Crippen MR) is 87.0 cm³/mol. The molecule has 0 unspecified atom stereocenters. The van der Waals surface area contributed by atoms with E-state index in [2.05, 4.69) is 36.9 Å². The van der Waals surface area contributed by atoms with E-state index >= 15 is 0 Å². The highest BCUT2D eigenvalue weighted by Gasteiger charge is 2.10. The van der Waals surface area contributed by atoms with Crippen molar-refractivity contribution in [1.29, 1.82) is 0 Å². The molecule has 21 heavy (non-hydrogen) atoms. The Hall–Kier alpha value is -1.87. The molecule has 0 saturated carbocycles. The van der Waals surface area contributed by atoms with Crippen molar-refractivity contribution in [2.24, 2.45) is 5.73 Å². The summed E-state index contributed by atoms with van der Waals surface area (Å²) < 4.78 is 13.5. The largest absolute Gasteiger partial charge is 0.367 e. The molecule has 0 aromatic heterocycles. The lowest BCUT2D eigenvalue weighted by molar-refractivity contribution is 0.625. The van der Waals surface area contributed by atoms with Crippen LogP contribution in [0.25, 0.3) is 0 Å². The molecule has 2 nitrogen and oxygen atoms in total. The van der Waals surface area contributed by atoms with Gasteiger partial charge in [-0.15, -0.1) is 0 Å². The number of nitrogens with two attached hydrogens (primary N) is 1. The van der Waals surface area contributed by atoms with Crippen LogP contribution in [0.3, 0.4) is 0 Å². The summed E-state index contributed by atoms with van der Waals surface area (Å²) in [6.07, 6.45) is 0.890. The third-order valence-electron chi connectivity index (χ3n) is 3.67. The second-order valence-corrected chi connectivity index (χ2v) is 5.47. The SMILES string of the molecule is Cc1ccc(C)c(CN(CCCN)c2cccc(F)c2)c1. The van der Waals surface area contributed by atoms with Gasteiger partial charge < -0.3 is 10.6 Å². The van der Waals surface area contributed by atoms with Gasteiger partial charge in [-0.25, -0.2) is 4.39 Å². The molecule has 2 N–H and O–H groups in total. The number of hydrogen-bond acceptors (Lipinski definition) is 2. The first-order chi connectivity index (χ1) is 10.1. The Morgan fingerprint density at radius 1 is 1.10 bits per heavy atom. The molecule has 0 aliphatic rings. The zero-order valence-electron chi connectivity index (χ0n) is 12.8.